The molecule has 4 heteroatoms. The van der Waals surface area contributed by atoms with Crippen molar-refractivity contribution in [1.29, 1.82) is 0 Å². The molecule has 0 spiro atoms. The van der Waals surface area contributed by atoms with Gasteiger partial charge in [-0.1, -0.05) is 25.4 Å². The third-order valence-electron chi connectivity index (χ3n) is 4.89. The summed E-state index contributed by atoms with van der Waals surface area (Å²) in [5.41, 5.74) is 0.984. The summed E-state index contributed by atoms with van der Waals surface area (Å²) in [6.07, 6.45) is 4.13. The molecule has 2 saturated heterocycles. The average Bonchev–Trinajstić information content (AvgIpc) is 2.83. The van der Waals surface area contributed by atoms with Crippen LogP contribution in [-0.4, -0.2) is 46.7 Å². The maximum Gasteiger partial charge on any atom is 0.150 e. The summed E-state index contributed by atoms with van der Waals surface area (Å²) in [5.74, 6) is 1.69. The average molecular weight is 277 g/mol. The van der Waals surface area contributed by atoms with Crippen LogP contribution in [0.3, 0.4) is 0 Å². The zero-order valence-corrected chi connectivity index (χ0v) is 13.0. The molecule has 2 fully saturated rings. The van der Waals surface area contributed by atoms with E-state index in [1.165, 1.54) is 38.9 Å². The van der Waals surface area contributed by atoms with Crippen molar-refractivity contribution in [2.45, 2.75) is 58.7 Å². The van der Waals surface area contributed by atoms with Crippen molar-refractivity contribution in [3.05, 3.63) is 17.5 Å². The number of hydrogen-bond acceptors (Lipinski definition) is 4. The zero-order chi connectivity index (χ0) is 14.1. The molecule has 0 N–H and O–H groups in total. The standard InChI is InChI=1S/C16H27N3O/c1-12(2)16-11-18-7-5-4-6-14(18)9-19(16)10-15-8-13(3)17-20-15/h8,12,14,16H,4-7,9-11H2,1-3H3. The van der Waals surface area contributed by atoms with Gasteiger partial charge in [0.25, 0.3) is 0 Å². The van der Waals surface area contributed by atoms with Crippen LogP contribution in [0.15, 0.2) is 10.6 Å². The molecule has 0 radical (unpaired) electrons. The molecular weight excluding hydrogens is 250 g/mol. The summed E-state index contributed by atoms with van der Waals surface area (Å²) >= 11 is 0. The number of hydrogen-bond donors (Lipinski definition) is 0. The van der Waals surface area contributed by atoms with Gasteiger partial charge in [0.15, 0.2) is 5.76 Å². The van der Waals surface area contributed by atoms with Crippen LogP contribution in [0, 0.1) is 12.8 Å². The molecule has 0 aliphatic carbocycles. The first-order chi connectivity index (χ1) is 9.63. The summed E-state index contributed by atoms with van der Waals surface area (Å²) in [6, 6.07) is 3.46. The minimum Gasteiger partial charge on any atom is -0.360 e. The van der Waals surface area contributed by atoms with Crippen LogP contribution in [0.25, 0.3) is 0 Å². The van der Waals surface area contributed by atoms with E-state index in [1.54, 1.807) is 0 Å². The molecule has 1 aromatic heterocycles. The van der Waals surface area contributed by atoms with Gasteiger partial charge in [0.05, 0.1) is 12.2 Å². The van der Waals surface area contributed by atoms with E-state index in [4.69, 9.17) is 4.52 Å². The van der Waals surface area contributed by atoms with Crippen molar-refractivity contribution in [2.24, 2.45) is 5.92 Å². The topological polar surface area (TPSA) is 32.5 Å². The molecule has 20 heavy (non-hydrogen) atoms. The molecule has 2 aliphatic heterocycles. The highest BCUT2D eigenvalue weighted by Crippen LogP contribution is 2.28. The van der Waals surface area contributed by atoms with Gasteiger partial charge >= 0.3 is 0 Å². The third-order valence-corrected chi connectivity index (χ3v) is 4.89. The zero-order valence-electron chi connectivity index (χ0n) is 13.0. The smallest absolute Gasteiger partial charge is 0.150 e. The van der Waals surface area contributed by atoms with Gasteiger partial charge in [-0.25, -0.2) is 0 Å². The van der Waals surface area contributed by atoms with Crippen molar-refractivity contribution in [1.82, 2.24) is 15.0 Å². The van der Waals surface area contributed by atoms with Crippen molar-refractivity contribution in [3.8, 4) is 0 Å². The van der Waals surface area contributed by atoms with E-state index >= 15 is 0 Å². The molecule has 2 aliphatic rings. The molecular formula is C16H27N3O. The van der Waals surface area contributed by atoms with Gasteiger partial charge < -0.3 is 4.52 Å². The van der Waals surface area contributed by atoms with Crippen molar-refractivity contribution >= 4 is 0 Å². The number of aryl methyl sites for hydroxylation is 1. The lowest BCUT2D eigenvalue weighted by Gasteiger charge is -2.49. The first-order valence-electron chi connectivity index (χ1n) is 8.04. The Balaban J connectivity index is 1.72. The maximum absolute atomic E-state index is 5.43. The number of piperidine rings is 1. The molecule has 2 unspecified atom stereocenters. The van der Waals surface area contributed by atoms with E-state index in [9.17, 15) is 0 Å². The van der Waals surface area contributed by atoms with E-state index in [2.05, 4.69) is 34.9 Å². The quantitative estimate of drug-likeness (QED) is 0.850. The second kappa shape index (κ2) is 5.86. The fraction of sp³-hybridized carbons (Fsp3) is 0.812. The van der Waals surface area contributed by atoms with Crippen LogP contribution in [-0.2, 0) is 6.54 Å². The Labute approximate surface area is 122 Å². The molecule has 0 saturated carbocycles. The predicted molar refractivity (Wildman–Crippen MR) is 79.5 cm³/mol. The van der Waals surface area contributed by atoms with Gasteiger partial charge in [0.2, 0.25) is 0 Å². The van der Waals surface area contributed by atoms with Gasteiger partial charge in [-0.3, -0.25) is 9.80 Å². The Bertz CT molecular complexity index is 443. The van der Waals surface area contributed by atoms with Crippen LogP contribution in [0.1, 0.15) is 44.6 Å². The number of piperazine rings is 1. The second-order valence-corrected chi connectivity index (χ2v) is 6.82. The fourth-order valence-electron chi connectivity index (χ4n) is 3.77. The van der Waals surface area contributed by atoms with Crippen molar-refractivity contribution < 1.29 is 4.52 Å². The fourth-order valence-corrected chi connectivity index (χ4v) is 3.77. The number of fused-ring (bicyclic) bond motifs is 1. The van der Waals surface area contributed by atoms with E-state index in [-0.39, 0.29) is 0 Å². The van der Waals surface area contributed by atoms with E-state index in [0.29, 0.717) is 12.0 Å². The van der Waals surface area contributed by atoms with Gasteiger partial charge in [-0.2, -0.15) is 0 Å². The van der Waals surface area contributed by atoms with Gasteiger partial charge in [-0.15, -0.1) is 0 Å². The highest BCUT2D eigenvalue weighted by Gasteiger charge is 2.36. The summed E-state index contributed by atoms with van der Waals surface area (Å²) in [5, 5.41) is 4.02. The largest absolute Gasteiger partial charge is 0.360 e. The monoisotopic (exact) mass is 277 g/mol. The van der Waals surface area contributed by atoms with Gasteiger partial charge in [0.1, 0.15) is 0 Å². The Morgan fingerprint density at radius 1 is 1.35 bits per heavy atom. The molecule has 0 bridgehead atoms. The van der Waals surface area contributed by atoms with Crippen LogP contribution < -0.4 is 0 Å². The molecule has 1 aromatic rings. The molecule has 3 rings (SSSR count). The molecule has 0 amide bonds. The molecule has 3 heterocycles. The Morgan fingerprint density at radius 3 is 2.90 bits per heavy atom. The van der Waals surface area contributed by atoms with Crippen LogP contribution in [0.2, 0.25) is 0 Å². The van der Waals surface area contributed by atoms with E-state index < -0.39 is 0 Å². The summed E-state index contributed by atoms with van der Waals surface area (Å²) in [6.45, 7) is 11.3. The van der Waals surface area contributed by atoms with Crippen molar-refractivity contribution in [3.63, 3.8) is 0 Å². The SMILES string of the molecule is Cc1cc(CN2CC3CCCCN3CC2C(C)C)on1. The summed E-state index contributed by atoms with van der Waals surface area (Å²) < 4.78 is 5.43. The first kappa shape index (κ1) is 14.1. The molecule has 2 atom stereocenters. The normalized spacial score (nSPS) is 28.8. The lowest BCUT2D eigenvalue weighted by atomic mass is 9.92. The van der Waals surface area contributed by atoms with Crippen molar-refractivity contribution in [2.75, 3.05) is 19.6 Å². The molecule has 0 aromatic carbocycles. The first-order valence-corrected chi connectivity index (χ1v) is 8.04. The van der Waals surface area contributed by atoms with Crippen LogP contribution in [0.5, 0.6) is 0 Å². The lowest BCUT2D eigenvalue weighted by molar-refractivity contribution is -0.0153. The second-order valence-electron chi connectivity index (χ2n) is 6.82. The highest BCUT2D eigenvalue weighted by molar-refractivity contribution is 5.04. The Hall–Kier alpha value is -0.870. The lowest BCUT2D eigenvalue weighted by Crippen LogP contribution is -2.60. The third kappa shape index (κ3) is 2.91. The predicted octanol–water partition coefficient (Wildman–Crippen LogP) is 2.68. The van der Waals surface area contributed by atoms with Crippen LogP contribution in [0.4, 0.5) is 0 Å². The van der Waals surface area contributed by atoms with Crippen LogP contribution >= 0.6 is 0 Å². The minimum absolute atomic E-state index is 0.634. The van der Waals surface area contributed by atoms with Gasteiger partial charge in [-0.05, 0) is 32.2 Å². The number of nitrogens with zero attached hydrogens (tertiary/aromatic N) is 3. The maximum atomic E-state index is 5.43. The molecule has 112 valence electrons. The Morgan fingerprint density at radius 2 is 2.20 bits per heavy atom. The molecule has 4 nitrogen and oxygen atoms in total. The van der Waals surface area contributed by atoms with E-state index in [0.717, 1.165) is 24.0 Å². The number of rotatable bonds is 3. The summed E-state index contributed by atoms with van der Waals surface area (Å²) in [4.78, 5) is 5.34. The number of aromatic nitrogens is 1. The highest BCUT2D eigenvalue weighted by atomic mass is 16.5. The van der Waals surface area contributed by atoms with Gasteiger partial charge in [0, 0.05) is 31.2 Å². The summed E-state index contributed by atoms with van der Waals surface area (Å²) in [7, 11) is 0. The Kier molecular flexibility index (Phi) is 4.13. The minimum atomic E-state index is 0.634. The van der Waals surface area contributed by atoms with E-state index in [1.807, 2.05) is 6.92 Å².